The Labute approximate surface area is 190 Å². The zero-order valence-electron chi connectivity index (χ0n) is 18.4. The summed E-state index contributed by atoms with van der Waals surface area (Å²) < 4.78 is 22.9. The summed E-state index contributed by atoms with van der Waals surface area (Å²) in [6, 6.07) is 11.4. The summed E-state index contributed by atoms with van der Waals surface area (Å²) in [7, 11) is 1.57. The number of aromatic amines is 1. The van der Waals surface area contributed by atoms with Crippen molar-refractivity contribution in [2.24, 2.45) is 0 Å². The number of hydrogen-bond donors (Lipinski definition) is 2. The fraction of sp³-hybridized carbons (Fsp3) is 0.333. The maximum Gasteiger partial charge on any atom is 0.230 e. The van der Waals surface area contributed by atoms with Crippen LogP contribution in [0.1, 0.15) is 0 Å². The molecule has 0 spiro atoms. The maximum atomic E-state index is 10.4. The van der Waals surface area contributed by atoms with Gasteiger partial charge in [-0.25, -0.2) is 9.97 Å². The summed E-state index contributed by atoms with van der Waals surface area (Å²) >= 11 is 0. The SMILES string of the molecule is COc1cc2c(Oc3ccc4[nH]ccc4c3)ncnc2cc1OC[C@@H](O)CN1CCOCC1. The lowest BCUT2D eigenvalue weighted by molar-refractivity contribution is 0.00446. The molecule has 2 N–H and O–H groups in total. The summed E-state index contributed by atoms with van der Waals surface area (Å²) in [4.78, 5) is 14.0. The smallest absolute Gasteiger partial charge is 0.230 e. The zero-order valence-corrected chi connectivity index (χ0v) is 18.4. The fourth-order valence-electron chi connectivity index (χ4n) is 3.92. The number of rotatable bonds is 8. The Morgan fingerprint density at radius 1 is 1.12 bits per heavy atom. The van der Waals surface area contributed by atoms with Crippen LogP contribution in [0.15, 0.2) is 48.9 Å². The highest BCUT2D eigenvalue weighted by atomic mass is 16.5. The van der Waals surface area contributed by atoms with Crippen LogP contribution in [-0.4, -0.2) is 77.6 Å². The van der Waals surface area contributed by atoms with Crippen molar-refractivity contribution >= 4 is 21.8 Å². The van der Waals surface area contributed by atoms with Crippen molar-refractivity contribution in [2.75, 3.05) is 46.6 Å². The van der Waals surface area contributed by atoms with Gasteiger partial charge in [0.2, 0.25) is 5.88 Å². The Balaban J connectivity index is 1.34. The van der Waals surface area contributed by atoms with Crippen LogP contribution < -0.4 is 14.2 Å². The number of aliphatic hydroxyl groups is 1. The van der Waals surface area contributed by atoms with E-state index in [0.717, 1.165) is 24.0 Å². The molecular weight excluding hydrogens is 424 g/mol. The molecule has 2 aromatic carbocycles. The standard InChI is InChI=1S/C24H26N4O5/c1-30-22-11-19-21(12-23(22)32-14-17(29)13-28-6-8-31-9-7-28)26-15-27-24(19)33-18-2-3-20-16(10-18)4-5-25-20/h2-5,10-12,15,17,25,29H,6-9,13-14H2,1H3/t17-/m0/s1. The van der Waals surface area contributed by atoms with Gasteiger partial charge in [-0.05, 0) is 30.3 Å². The summed E-state index contributed by atoms with van der Waals surface area (Å²) in [5.74, 6) is 2.12. The minimum Gasteiger partial charge on any atom is -0.493 e. The maximum absolute atomic E-state index is 10.4. The number of hydrogen-bond acceptors (Lipinski definition) is 8. The first-order valence-electron chi connectivity index (χ1n) is 10.9. The molecule has 0 saturated carbocycles. The van der Waals surface area contributed by atoms with Gasteiger partial charge < -0.3 is 29.0 Å². The Morgan fingerprint density at radius 3 is 2.85 bits per heavy atom. The zero-order chi connectivity index (χ0) is 22.6. The summed E-state index contributed by atoms with van der Waals surface area (Å²) in [5.41, 5.74) is 1.69. The number of nitrogens with zero attached hydrogens (tertiary/aromatic N) is 3. The molecule has 9 heteroatoms. The monoisotopic (exact) mass is 450 g/mol. The Morgan fingerprint density at radius 2 is 2.00 bits per heavy atom. The summed E-state index contributed by atoms with van der Waals surface area (Å²) in [6.07, 6.45) is 2.71. The van der Waals surface area contributed by atoms with Crippen LogP contribution in [0.2, 0.25) is 0 Å². The van der Waals surface area contributed by atoms with Crippen LogP contribution in [0.3, 0.4) is 0 Å². The number of nitrogens with one attached hydrogen (secondary N) is 1. The Hall–Kier alpha value is -3.40. The number of fused-ring (bicyclic) bond motifs is 2. The van der Waals surface area contributed by atoms with Gasteiger partial charge in [-0.2, -0.15) is 0 Å². The number of methoxy groups -OCH3 is 1. The molecule has 33 heavy (non-hydrogen) atoms. The minimum absolute atomic E-state index is 0.143. The Bertz CT molecular complexity index is 1240. The van der Waals surface area contributed by atoms with E-state index in [1.165, 1.54) is 6.33 Å². The Kier molecular flexibility index (Phi) is 6.25. The van der Waals surface area contributed by atoms with Crippen molar-refractivity contribution < 1.29 is 24.1 Å². The third-order valence-corrected chi connectivity index (χ3v) is 5.63. The van der Waals surface area contributed by atoms with Gasteiger partial charge in [-0.3, -0.25) is 4.90 Å². The molecule has 9 nitrogen and oxygen atoms in total. The summed E-state index contributed by atoms with van der Waals surface area (Å²) in [6.45, 7) is 3.68. The van der Waals surface area contributed by atoms with Crippen LogP contribution >= 0.6 is 0 Å². The van der Waals surface area contributed by atoms with Gasteiger partial charge in [0.25, 0.3) is 0 Å². The van der Waals surface area contributed by atoms with E-state index >= 15 is 0 Å². The minimum atomic E-state index is -0.629. The van der Waals surface area contributed by atoms with Gasteiger partial charge in [0, 0.05) is 42.8 Å². The average Bonchev–Trinajstić information content (AvgIpc) is 3.31. The number of β-amino-alcohol motifs (C(OH)–C–C–N with tert-alkyl or cyclic N) is 1. The first-order chi connectivity index (χ1) is 16.2. The second-order valence-electron chi connectivity index (χ2n) is 7.91. The largest absolute Gasteiger partial charge is 0.493 e. The van der Waals surface area contributed by atoms with E-state index in [0.29, 0.717) is 53.8 Å². The predicted molar refractivity (Wildman–Crippen MR) is 123 cm³/mol. The van der Waals surface area contributed by atoms with Gasteiger partial charge in [-0.1, -0.05) is 0 Å². The van der Waals surface area contributed by atoms with Gasteiger partial charge in [0.05, 0.1) is 31.2 Å². The highest BCUT2D eigenvalue weighted by molar-refractivity contribution is 5.87. The molecule has 5 rings (SSSR count). The van der Waals surface area contributed by atoms with Crippen LogP contribution in [0.4, 0.5) is 0 Å². The van der Waals surface area contributed by atoms with E-state index < -0.39 is 6.10 Å². The second-order valence-corrected chi connectivity index (χ2v) is 7.91. The third kappa shape index (κ3) is 4.85. The van der Waals surface area contributed by atoms with E-state index in [-0.39, 0.29) is 6.61 Å². The van der Waals surface area contributed by atoms with E-state index in [9.17, 15) is 5.11 Å². The van der Waals surface area contributed by atoms with Gasteiger partial charge in [-0.15, -0.1) is 0 Å². The highest BCUT2D eigenvalue weighted by Crippen LogP contribution is 2.36. The molecule has 0 radical (unpaired) electrons. The lowest BCUT2D eigenvalue weighted by Gasteiger charge is -2.28. The molecule has 0 bridgehead atoms. The lowest BCUT2D eigenvalue weighted by atomic mass is 10.2. The lowest BCUT2D eigenvalue weighted by Crippen LogP contribution is -2.42. The third-order valence-electron chi connectivity index (χ3n) is 5.63. The average molecular weight is 450 g/mol. The normalized spacial score (nSPS) is 15.6. The van der Waals surface area contributed by atoms with Crippen LogP contribution in [0.25, 0.3) is 21.8 Å². The van der Waals surface area contributed by atoms with Gasteiger partial charge in [0.15, 0.2) is 11.5 Å². The molecule has 0 aliphatic carbocycles. The van der Waals surface area contributed by atoms with E-state index in [1.807, 2.05) is 30.5 Å². The van der Waals surface area contributed by atoms with E-state index in [4.69, 9.17) is 18.9 Å². The molecule has 1 atom stereocenters. The first kappa shape index (κ1) is 21.4. The molecule has 4 aromatic rings. The molecule has 1 aliphatic rings. The predicted octanol–water partition coefficient (Wildman–Crippen LogP) is 2.98. The molecule has 0 amide bonds. The summed E-state index contributed by atoms with van der Waals surface area (Å²) in [5, 5.41) is 12.2. The van der Waals surface area contributed by atoms with Crippen molar-refractivity contribution in [1.29, 1.82) is 0 Å². The van der Waals surface area contributed by atoms with E-state index in [1.54, 1.807) is 19.2 Å². The number of aromatic nitrogens is 3. The number of H-pyrrole nitrogens is 1. The van der Waals surface area contributed by atoms with Crippen molar-refractivity contribution in [3.8, 4) is 23.1 Å². The molecule has 172 valence electrons. The number of aliphatic hydroxyl groups excluding tert-OH is 1. The molecule has 1 aliphatic heterocycles. The van der Waals surface area contributed by atoms with Crippen molar-refractivity contribution in [2.45, 2.75) is 6.10 Å². The molecule has 1 fully saturated rings. The van der Waals surface area contributed by atoms with Crippen LogP contribution in [-0.2, 0) is 4.74 Å². The van der Waals surface area contributed by atoms with E-state index in [2.05, 4.69) is 19.9 Å². The highest BCUT2D eigenvalue weighted by Gasteiger charge is 2.18. The van der Waals surface area contributed by atoms with Crippen molar-refractivity contribution in [3.05, 3.63) is 48.9 Å². The number of ether oxygens (including phenoxy) is 4. The van der Waals surface area contributed by atoms with Crippen LogP contribution in [0, 0.1) is 0 Å². The quantitative estimate of drug-likeness (QED) is 0.423. The number of benzene rings is 2. The molecule has 3 heterocycles. The first-order valence-corrected chi connectivity index (χ1v) is 10.9. The van der Waals surface area contributed by atoms with Crippen molar-refractivity contribution in [3.63, 3.8) is 0 Å². The van der Waals surface area contributed by atoms with Crippen LogP contribution in [0.5, 0.6) is 23.1 Å². The van der Waals surface area contributed by atoms with Gasteiger partial charge in [0.1, 0.15) is 24.8 Å². The molecule has 0 unspecified atom stereocenters. The topological polar surface area (TPSA) is 102 Å². The number of morpholine rings is 1. The van der Waals surface area contributed by atoms with Gasteiger partial charge >= 0.3 is 0 Å². The molecule has 2 aromatic heterocycles. The molecule has 1 saturated heterocycles. The molecular formula is C24H26N4O5. The fourth-order valence-corrected chi connectivity index (χ4v) is 3.92. The van der Waals surface area contributed by atoms with Crippen molar-refractivity contribution in [1.82, 2.24) is 19.9 Å². The second kappa shape index (κ2) is 9.62.